The van der Waals surface area contributed by atoms with Crippen molar-refractivity contribution in [2.45, 2.75) is 31.3 Å². The van der Waals surface area contributed by atoms with Crippen molar-refractivity contribution in [3.8, 4) is 0 Å². The van der Waals surface area contributed by atoms with E-state index in [1.54, 1.807) is 6.07 Å². The molecule has 2 unspecified atom stereocenters. The van der Waals surface area contributed by atoms with Gasteiger partial charge in [-0.05, 0) is 37.5 Å². The number of anilines is 1. The Morgan fingerprint density at radius 1 is 1.32 bits per heavy atom. The average Bonchev–Trinajstić information content (AvgIpc) is 2.69. The number of rotatable bonds is 2. The maximum Gasteiger partial charge on any atom is 0.250 e. The molecule has 0 spiro atoms. The molecule has 0 saturated carbocycles. The minimum absolute atomic E-state index is 0.276. The van der Waals surface area contributed by atoms with Gasteiger partial charge in [0.05, 0.1) is 5.56 Å². The van der Waals surface area contributed by atoms with Crippen LogP contribution in [0.25, 0.3) is 0 Å². The summed E-state index contributed by atoms with van der Waals surface area (Å²) < 4.78 is 13.3. The molecule has 3 N–H and O–H groups in total. The molecule has 0 aliphatic carbocycles. The van der Waals surface area contributed by atoms with Crippen molar-refractivity contribution in [2.75, 3.05) is 18.0 Å². The monoisotopic (exact) mass is 263 g/mol. The molecule has 2 aliphatic heterocycles. The Hall–Kier alpha value is -1.62. The lowest BCUT2D eigenvalue weighted by atomic mass is 10.1. The Morgan fingerprint density at radius 3 is 2.89 bits per heavy atom. The van der Waals surface area contributed by atoms with Gasteiger partial charge < -0.3 is 16.0 Å². The quantitative estimate of drug-likeness (QED) is 0.844. The van der Waals surface area contributed by atoms with Gasteiger partial charge in [-0.25, -0.2) is 4.39 Å². The summed E-state index contributed by atoms with van der Waals surface area (Å²) in [7, 11) is 0. The first kappa shape index (κ1) is 12.4. The van der Waals surface area contributed by atoms with Crippen LogP contribution >= 0.6 is 0 Å². The Balaban J connectivity index is 1.91. The van der Waals surface area contributed by atoms with Crippen LogP contribution in [0.1, 0.15) is 29.6 Å². The van der Waals surface area contributed by atoms with Crippen molar-refractivity contribution < 1.29 is 9.18 Å². The lowest BCUT2D eigenvalue weighted by Crippen LogP contribution is -2.36. The van der Waals surface area contributed by atoms with Crippen LogP contribution in [0.5, 0.6) is 0 Å². The summed E-state index contributed by atoms with van der Waals surface area (Å²) in [5.41, 5.74) is 6.39. The van der Waals surface area contributed by atoms with E-state index in [1.807, 2.05) is 0 Å². The van der Waals surface area contributed by atoms with Gasteiger partial charge in [0.25, 0.3) is 5.91 Å². The second kappa shape index (κ2) is 4.81. The SMILES string of the molecule is NC(=O)c1cc(F)ccc1N1CCC2CCC(C1)N2. The minimum atomic E-state index is -0.572. The second-order valence-corrected chi connectivity index (χ2v) is 5.40. The molecule has 1 aromatic carbocycles. The Morgan fingerprint density at radius 2 is 2.11 bits per heavy atom. The third-order valence-corrected chi connectivity index (χ3v) is 4.09. The summed E-state index contributed by atoms with van der Waals surface area (Å²) in [6.07, 6.45) is 3.44. The highest BCUT2D eigenvalue weighted by Gasteiger charge is 2.30. The number of nitrogens with one attached hydrogen (secondary N) is 1. The van der Waals surface area contributed by atoms with Crippen LogP contribution < -0.4 is 16.0 Å². The largest absolute Gasteiger partial charge is 0.369 e. The van der Waals surface area contributed by atoms with Gasteiger partial charge >= 0.3 is 0 Å². The van der Waals surface area contributed by atoms with Crippen molar-refractivity contribution in [3.63, 3.8) is 0 Å². The molecule has 19 heavy (non-hydrogen) atoms. The Labute approximate surface area is 111 Å². The number of carbonyl (C=O) groups excluding carboxylic acids is 1. The highest BCUT2D eigenvalue weighted by Crippen LogP contribution is 2.27. The molecule has 0 aromatic heterocycles. The molecule has 0 radical (unpaired) electrons. The number of hydrogen-bond donors (Lipinski definition) is 2. The summed E-state index contributed by atoms with van der Waals surface area (Å²) >= 11 is 0. The highest BCUT2D eigenvalue weighted by molar-refractivity contribution is 5.98. The number of amides is 1. The number of benzene rings is 1. The maximum atomic E-state index is 13.3. The molecule has 5 heteroatoms. The molecule has 4 nitrogen and oxygen atoms in total. The van der Waals surface area contributed by atoms with Crippen molar-refractivity contribution in [1.29, 1.82) is 0 Å². The molecular weight excluding hydrogens is 245 g/mol. The Kier molecular flexibility index (Phi) is 3.14. The van der Waals surface area contributed by atoms with Crippen molar-refractivity contribution in [3.05, 3.63) is 29.6 Å². The number of primary amides is 1. The normalized spacial score (nSPS) is 26.3. The van der Waals surface area contributed by atoms with Crippen molar-refractivity contribution in [1.82, 2.24) is 5.32 Å². The zero-order chi connectivity index (χ0) is 13.4. The zero-order valence-corrected chi connectivity index (χ0v) is 10.7. The lowest BCUT2D eigenvalue weighted by Gasteiger charge is -2.27. The van der Waals surface area contributed by atoms with Crippen LogP contribution in [-0.4, -0.2) is 31.1 Å². The van der Waals surface area contributed by atoms with Crippen LogP contribution in [0.4, 0.5) is 10.1 Å². The van der Waals surface area contributed by atoms with Gasteiger partial charge in [-0.2, -0.15) is 0 Å². The fourth-order valence-corrected chi connectivity index (χ4v) is 3.14. The van der Waals surface area contributed by atoms with Gasteiger partial charge in [0.2, 0.25) is 0 Å². The third kappa shape index (κ3) is 2.42. The molecule has 3 rings (SSSR count). The van der Waals surface area contributed by atoms with Crippen LogP contribution in [0.3, 0.4) is 0 Å². The molecule has 2 fully saturated rings. The van der Waals surface area contributed by atoms with Gasteiger partial charge in [-0.15, -0.1) is 0 Å². The number of carbonyl (C=O) groups is 1. The van der Waals surface area contributed by atoms with Crippen LogP contribution in [0, 0.1) is 5.82 Å². The van der Waals surface area contributed by atoms with E-state index in [1.165, 1.54) is 18.6 Å². The summed E-state index contributed by atoms with van der Waals surface area (Å²) in [5.74, 6) is -0.996. The molecule has 2 atom stereocenters. The summed E-state index contributed by atoms with van der Waals surface area (Å²) in [5, 5.41) is 3.58. The van der Waals surface area contributed by atoms with Crippen molar-refractivity contribution >= 4 is 11.6 Å². The van der Waals surface area contributed by atoms with Crippen molar-refractivity contribution in [2.24, 2.45) is 5.73 Å². The van der Waals surface area contributed by atoms with Crippen LogP contribution in [0.15, 0.2) is 18.2 Å². The van der Waals surface area contributed by atoms with Gasteiger partial charge in [0.1, 0.15) is 5.82 Å². The summed E-state index contributed by atoms with van der Waals surface area (Å²) in [6, 6.07) is 5.31. The molecule has 102 valence electrons. The van der Waals surface area contributed by atoms with Gasteiger partial charge in [-0.1, -0.05) is 0 Å². The number of nitrogens with zero attached hydrogens (tertiary/aromatic N) is 1. The van der Waals surface area contributed by atoms with E-state index in [0.717, 1.165) is 31.6 Å². The summed E-state index contributed by atoms with van der Waals surface area (Å²) in [6.45, 7) is 1.72. The molecule has 2 saturated heterocycles. The molecule has 1 amide bonds. The van der Waals surface area contributed by atoms with Gasteiger partial charge in [0, 0.05) is 30.9 Å². The number of hydrogen-bond acceptors (Lipinski definition) is 3. The number of nitrogens with two attached hydrogens (primary N) is 1. The van der Waals surface area contributed by atoms with E-state index in [-0.39, 0.29) is 5.56 Å². The van der Waals surface area contributed by atoms with Crippen LogP contribution in [-0.2, 0) is 0 Å². The highest BCUT2D eigenvalue weighted by atomic mass is 19.1. The predicted molar refractivity (Wildman–Crippen MR) is 71.7 cm³/mol. The first-order chi connectivity index (χ1) is 9.13. The van der Waals surface area contributed by atoms with E-state index >= 15 is 0 Å². The predicted octanol–water partition coefficient (Wildman–Crippen LogP) is 1.26. The molecular formula is C14H18FN3O. The fraction of sp³-hybridized carbons (Fsp3) is 0.500. The van der Waals surface area contributed by atoms with E-state index in [4.69, 9.17) is 5.73 Å². The smallest absolute Gasteiger partial charge is 0.250 e. The molecule has 2 heterocycles. The van der Waals surface area contributed by atoms with E-state index in [9.17, 15) is 9.18 Å². The standard InChI is InChI=1S/C14H18FN3O/c15-9-1-4-13(12(7-9)14(16)19)18-6-5-10-2-3-11(8-18)17-10/h1,4,7,10-11,17H,2-3,5-6,8H2,(H2,16,19). The van der Waals surface area contributed by atoms with E-state index in [0.29, 0.717) is 12.1 Å². The lowest BCUT2D eigenvalue weighted by molar-refractivity contribution is 0.100. The second-order valence-electron chi connectivity index (χ2n) is 5.40. The van der Waals surface area contributed by atoms with E-state index in [2.05, 4.69) is 10.2 Å². The van der Waals surface area contributed by atoms with E-state index < -0.39 is 11.7 Å². The fourth-order valence-electron chi connectivity index (χ4n) is 3.14. The summed E-state index contributed by atoms with van der Waals surface area (Å²) in [4.78, 5) is 13.6. The zero-order valence-electron chi connectivity index (χ0n) is 10.7. The van der Waals surface area contributed by atoms with Gasteiger partial charge in [-0.3, -0.25) is 4.79 Å². The molecule has 1 aromatic rings. The molecule has 2 bridgehead atoms. The van der Waals surface area contributed by atoms with Gasteiger partial charge in [0.15, 0.2) is 0 Å². The first-order valence-corrected chi connectivity index (χ1v) is 6.74. The first-order valence-electron chi connectivity index (χ1n) is 6.74. The maximum absolute atomic E-state index is 13.3. The average molecular weight is 263 g/mol. The van der Waals surface area contributed by atoms with Crippen LogP contribution in [0.2, 0.25) is 0 Å². The Bertz CT molecular complexity index is 505. The minimum Gasteiger partial charge on any atom is -0.369 e. The number of halogens is 1. The molecule has 2 aliphatic rings. The number of fused-ring (bicyclic) bond motifs is 2. The topological polar surface area (TPSA) is 58.4 Å². The third-order valence-electron chi connectivity index (χ3n) is 4.09.